The summed E-state index contributed by atoms with van der Waals surface area (Å²) in [6.45, 7) is 4.69. The predicted octanol–water partition coefficient (Wildman–Crippen LogP) is 2.08. The zero-order valence-corrected chi connectivity index (χ0v) is 12.6. The Hall–Kier alpha value is -2.34. The molecule has 3 rings (SSSR count). The molecule has 0 fully saturated rings. The number of benzene rings is 1. The maximum atomic E-state index is 11.9. The highest BCUT2D eigenvalue weighted by Crippen LogP contribution is 2.35. The van der Waals surface area contributed by atoms with Crippen LogP contribution in [-0.4, -0.2) is 30.3 Å². The van der Waals surface area contributed by atoms with Crippen molar-refractivity contribution in [2.45, 2.75) is 25.8 Å². The number of amides is 1. The van der Waals surface area contributed by atoms with Crippen molar-refractivity contribution in [2.24, 2.45) is 0 Å². The summed E-state index contributed by atoms with van der Waals surface area (Å²) in [7, 11) is 0. The molecule has 2 atom stereocenters. The third-order valence-electron chi connectivity index (χ3n) is 3.82. The van der Waals surface area contributed by atoms with Crippen LogP contribution in [0.4, 0.5) is 5.82 Å². The van der Waals surface area contributed by atoms with Gasteiger partial charge in [-0.05, 0) is 19.9 Å². The fraction of sp³-hybridized carbons (Fsp3) is 0.375. The molecule has 2 N–H and O–H groups in total. The molecule has 0 spiro atoms. The van der Waals surface area contributed by atoms with Gasteiger partial charge in [-0.3, -0.25) is 4.79 Å². The minimum atomic E-state index is -0.146. The van der Waals surface area contributed by atoms with Crippen molar-refractivity contribution in [2.75, 3.05) is 18.5 Å². The Kier molecular flexibility index (Phi) is 4.11. The van der Waals surface area contributed by atoms with Crippen molar-refractivity contribution in [1.29, 1.82) is 0 Å². The van der Waals surface area contributed by atoms with Gasteiger partial charge in [-0.25, -0.2) is 0 Å². The SMILES string of the molecule is Cc1cc(NC(=O)CN[C@@H](C)[C@H]2COc3ccccc32)no1. The third-order valence-corrected chi connectivity index (χ3v) is 3.82. The summed E-state index contributed by atoms with van der Waals surface area (Å²) in [5, 5.41) is 9.67. The molecule has 0 aliphatic carbocycles. The van der Waals surface area contributed by atoms with Crippen molar-refractivity contribution >= 4 is 11.7 Å². The normalized spacial score (nSPS) is 17.6. The number of aromatic nitrogens is 1. The molecule has 1 amide bonds. The molecule has 6 nitrogen and oxygen atoms in total. The number of nitrogens with zero attached hydrogens (tertiary/aromatic N) is 1. The van der Waals surface area contributed by atoms with Gasteiger partial charge in [0, 0.05) is 23.6 Å². The molecule has 0 bridgehead atoms. The number of carbonyl (C=O) groups excluding carboxylic acids is 1. The Morgan fingerprint density at radius 3 is 3.05 bits per heavy atom. The molecule has 2 heterocycles. The Bertz CT molecular complexity index is 668. The van der Waals surface area contributed by atoms with Gasteiger partial charge in [0.05, 0.1) is 13.2 Å². The number of hydrogen-bond donors (Lipinski definition) is 2. The zero-order valence-electron chi connectivity index (χ0n) is 12.6. The second kappa shape index (κ2) is 6.19. The highest BCUT2D eigenvalue weighted by atomic mass is 16.5. The number of fused-ring (bicyclic) bond motifs is 1. The van der Waals surface area contributed by atoms with Crippen LogP contribution in [0.2, 0.25) is 0 Å². The summed E-state index contributed by atoms with van der Waals surface area (Å²) in [4.78, 5) is 11.9. The van der Waals surface area contributed by atoms with Crippen molar-refractivity contribution in [3.05, 3.63) is 41.7 Å². The van der Waals surface area contributed by atoms with Gasteiger partial charge >= 0.3 is 0 Å². The fourth-order valence-corrected chi connectivity index (χ4v) is 2.61. The number of ether oxygens (including phenoxy) is 1. The Morgan fingerprint density at radius 1 is 1.45 bits per heavy atom. The standard InChI is InChI=1S/C16H19N3O3/c1-10-7-15(19-22-10)18-16(20)8-17-11(2)13-9-21-14-6-4-3-5-12(13)14/h3-7,11,13,17H,8-9H2,1-2H3,(H,18,19,20)/t11-,13+/m0/s1. The lowest BCUT2D eigenvalue weighted by Crippen LogP contribution is -2.38. The molecule has 1 aromatic carbocycles. The summed E-state index contributed by atoms with van der Waals surface area (Å²) in [6, 6.07) is 9.83. The number of anilines is 1. The first kappa shape index (κ1) is 14.6. The van der Waals surface area contributed by atoms with E-state index in [1.54, 1.807) is 13.0 Å². The molecule has 1 aromatic heterocycles. The zero-order chi connectivity index (χ0) is 15.5. The van der Waals surface area contributed by atoms with Crippen molar-refractivity contribution in [3.8, 4) is 5.75 Å². The Labute approximate surface area is 128 Å². The summed E-state index contributed by atoms with van der Waals surface area (Å²) in [5.41, 5.74) is 1.19. The van der Waals surface area contributed by atoms with E-state index in [0.29, 0.717) is 18.2 Å². The average molecular weight is 301 g/mol. The van der Waals surface area contributed by atoms with Crippen LogP contribution in [0.1, 0.15) is 24.2 Å². The summed E-state index contributed by atoms with van der Waals surface area (Å²) in [6.07, 6.45) is 0. The van der Waals surface area contributed by atoms with Crippen molar-refractivity contribution in [1.82, 2.24) is 10.5 Å². The predicted molar refractivity (Wildman–Crippen MR) is 82.0 cm³/mol. The second-order valence-electron chi connectivity index (χ2n) is 5.50. The van der Waals surface area contributed by atoms with Crippen LogP contribution >= 0.6 is 0 Å². The maximum Gasteiger partial charge on any atom is 0.239 e. The highest BCUT2D eigenvalue weighted by Gasteiger charge is 2.28. The van der Waals surface area contributed by atoms with E-state index in [9.17, 15) is 4.79 Å². The van der Waals surface area contributed by atoms with E-state index < -0.39 is 0 Å². The topological polar surface area (TPSA) is 76.4 Å². The van der Waals surface area contributed by atoms with E-state index in [1.807, 2.05) is 18.2 Å². The van der Waals surface area contributed by atoms with Gasteiger partial charge in [0.15, 0.2) is 5.82 Å². The number of hydrogen-bond acceptors (Lipinski definition) is 5. The molecule has 0 saturated heterocycles. The number of carbonyl (C=O) groups is 1. The maximum absolute atomic E-state index is 11.9. The lowest BCUT2D eigenvalue weighted by Gasteiger charge is -2.19. The molecule has 22 heavy (non-hydrogen) atoms. The molecule has 6 heteroatoms. The third kappa shape index (κ3) is 3.12. The van der Waals surface area contributed by atoms with Gasteiger partial charge in [0.1, 0.15) is 11.5 Å². The molecular formula is C16H19N3O3. The quantitative estimate of drug-likeness (QED) is 0.884. The van der Waals surface area contributed by atoms with E-state index in [1.165, 1.54) is 5.56 Å². The van der Waals surface area contributed by atoms with Crippen molar-refractivity contribution < 1.29 is 14.1 Å². The molecule has 1 aliphatic heterocycles. The largest absolute Gasteiger partial charge is 0.493 e. The van der Waals surface area contributed by atoms with E-state index in [4.69, 9.17) is 9.26 Å². The molecule has 116 valence electrons. The average Bonchev–Trinajstić information content (AvgIpc) is 3.11. The van der Waals surface area contributed by atoms with Crippen LogP contribution in [-0.2, 0) is 4.79 Å². The molecule has 0 unspecified atom stereocenters. The van der Waals surface area contributed by atoms with Crippen LogP contribution in [0.5, 0.6) is 5.75 Å². The van der Waals surface area contributed by atoms with Gasteiger partial charge in [0.2, 0.25) is 5.91 Å². The first-order valence-electron chi connectivity index (χ1n) is 7.32. The fourth-order valence-electron chi connectivity index (χ4n) is 2.61. The molecule has 0 saturated carbocycles. The second-order valence-corrected chi connectivity index (χ2v) is 5.50. The van der Waals surface area contributed by atoms with Gasteiger partial charge in [-0.2, -0.15) is 0 Å². The van der Waals surface area contributed by atoms with Crippen LogP contribution < -0.4 is 15.4 Å². The van der Waals surface area contributed by atoms with E-state index in [2.05, 4.69) is 28.8 Å². The Morgan fingerprint density at radius 2 is 2.27 bits per heavy atom. The Balaban J connectivity index is 1.52. The highest BCUT2D eigenvalue weighted by molar-refractivity contribution is 5.91. The molecule has 2 aromatic rings. The molecule has 0 radical (unpaired) electrons. The van der Waals surface area contributed by atoms with Gasteiger partial charge in [0.25, 0.3) is 0 Å². The summed E-state index contributed by atoms with van der Waals surface area (Å²) < 4.78 is 10.6. The van der Waals surface area contributed by atoms with Gasteiger partial charge in [-0.15, -0.1) is 0 Å². The van der Waals surface area contributed by atoms with Crippen molar-refractivity contribution in [3.63, 3.8) is 0 Å². The van der Waals surface area contributed by atoms with E-state index >= 15 is 0 Å². The number of nitrogens with one attached hydrogen (secondary N) is 2. The van der Waals surface area contributed by atoms with E-state index in [0.717, 1.165) is 5.75 Å². The number of rotatable bonds is 5. The minimum absolute atomic E-state index is 0.133. The number of para-hydroxylation sites is 1. The van der Waals surface area contributed by atoms with Crippen LogP contribution in [0.25, 0.3) is 0 Å². The van der Waals surface area contributed by atoms with Crippen LogP contribution in [0.15, 0.2) is 34.9 Å². The monoisotopic (exact) mass is 301 g/mol. The molecule has 1 aliphatic rings. The lowest BCUT2D eigenvalue weighted by atomic mass is 9.94. The van der Waals surface area contributed by atoms with Gasteiger partial charge in [-0.1, -0.05) is 23.4 Å². The minimum Gasteiger partial charge on any atom is -0.493 e. The lowest BCUT2D eigenvalue weighted by molar-refractivity contribution is -0.115. The first-order chi connectivity index (χ1) is 10.6. The summed E-state index contributed by atoms with van der Waals surface area (Å²) >= 11 is 0. The van der Waals surface area contributed by atoms with Crippen LogP contribution in [0, 0.1) is 6.92 Å². The van der Waals surface area contributed by atoms with Gasteiger partial charge < -0.3 is 19.9 Å². The number of aryl methyl sites for hydroxylation is 1. The van der Waals surface area contributed by atoms with Crippen LogP contribution in [0.3, 0.4) is 0 Å². The summed E-state index contributed by atoms with van der Waals surface area (Å²) in [5.74, 6) is 2.14. The van der Waals surface area contributed by atoms with E-state index in [-0.39, 0.29) is 24.4 Å². The smallest absolute Gasteiger partial charge is 0.239 e. The first-order valence-corrected chi connectivity index (χ1v) is 7.32. The molecular weight excluding hydrogens is 282 g/mol.